The lowest BCUT2D eigenvalue weighted by Crippen LogP contribution is -2.31. The maximum Gasteiger partial charge on any atom is 0.154 e. The van der Waals surface area contributed by atoms with Crippen LogP contribution in [0, 0.1) is 5.92 Å². The smallest absolute Gasteiger partial charge is 0.154 e. The summed E-state index contributed by atoms with van der Waals surface area (Å²) in [6.07, 6.45) is 1.92. The average Bonchev–Trinajstić information content (AvgIpc) is 2.39. The summed E-state index contributed by atoms with van der Waals surface area (Å²) >= 11 is 0. The minimum absolute atomic E-state index is 0. The maximum absolute atomic E-state index is 12.2. The lowest BCUT2D eigenvalue weighted by atomic mass is 10.0. The van der Waals surface area contributed by atoms with Gasteiger partial charge in [-0.05, 0) is 49.5 Å². The number of benzene rings is 1. The number of hydrogen-bond acceptors (Lipinski definition) is 4. The van der Waals surface area contributed by atoms with E-state index < -0.39 is 9.84 Å². The molecule has 1 aromatic carbocycles. The van der Waals surface area contributed by atoms with E-state index in [4.69, 9.17) is 4.74 Å². The largest absolute Gasteiger partial charge is 0.497 e. The molecule has 0 aromatic heterocycles. The van der Waals surface area contributed by atoms with E-state index >= 15 is 0 Å². The Morgan fingerprint density at radius 1 is 1.20 bits per heavy atom. The Balaban J connectivity index is 0.00000200. The van der Waals surface area contributed by atoms with E-state index in [0.29, 0.717) is 11.7 Å². The highest BCUT2D eigenvalue weighted by molar-refractivity contribution is 7.90. The van der Waals surface area contributed by atoms with Gasteiger partial charge in [0.1, 0.15) is 5.75 Å². The molecule has 1 heterocycles. The molecule has 0 unspecified atom stereocenters. The van der Waals surface area contributed by atoms with Crippen molar-refractivity contribution in [3.63, 3.8) is 0 Å². The lowest BCUT2D eigenvalue weighted by Gasteiger charge is -2.22. The highest BCUT2D eigenvalue weighted by Crippen LogP contribution is 2.18. The van der Waals surface area contributed by atoms with E-state index in [1.54, 1.807) is 19.2 Å². The molecule has 6 heteroatoms. The molecule has 1 aliphatic heterocycles. The van der Waals surface area contributed by atoms with Crippen molar-refractivity contribution in [2.24, 2.45) is 5.92 Å². The second kappa shape index (κ2) is 7.86. The van der Waals surface area contributed by atoms with E-state index in [1.165, 1.54) is 0 Å². The number of piperidine rings is 1. The number of rotatable bonds is 5. The normalized spacial score (nSPS) is 16.4. The van der Waals surface area contributed by atoms with Gasteiger partial charge < -0.3 is 10.1 Å². The summed E-state index contributed by atoms with van der Waals surface area (Å²) in [7, 11) is -1.42. The fourth-order valence-electron chi connectivity index (χ4n) is 2.44. The maximum atomic E-state index is 12.2. The third-order valence-electron chi connectivity index (χ3n) is 3.49. The van der Waals surface area contributed by atoms with Crippen molar-refractivity contribution in [1.82, 2.24) is 5.32 Å². The van der Waals surface area contributed by atoms with Crippen molar-refractivity contribution in [2.45, 2.75) is 18.6 Å². The van der Waals surface area contributed by atoms with E-state index in [1.807, 2.05) is 12.1 Å². The zero-order chi connectivity index (χ0) is 13.7. The molecule has 0 spiro atoms. The molecular weight excluding hydrogens is 298 g/mol. The summed E-state index contributed by atoms with van der Waals surface area (Å²) in [6.45, 7) is 1.87. The predicted molar refractivity (Wildman–Crippen MR) is 83.3 cm³/mol. The first-order valence-corrected chi connectivity index (χ1v) is 8.45. The van der Waals surface area contributed by atoms with Crippen molar-refractivity contribution >= 4 is 22.2 Å². The second-order valence-electron chi connectivity index (χ2n) is 5.10. The minimum Gasteiger partial charge on any atom is -0.497 e. The topological polar surface area (TPSA) is 55.4 Å². The van der Waals surface area contributed by atoms with Gasteiger partial charge in [-0.1, -0.05) is 12.1 Å². The van der Waals surface area contributed by atoms with Gasteiger partial charge in [-0.15, -0.1) is 12.4 Å². The Morgan fingerprint density at radius 2 is 1.80 bits per heavy atom. The SMILES string of the molecule is COc1ccc(CS(=O)(=O)CC2CCNCC2)cc1.Cl. The monoisotopic (exact) mass is 319 g/mol. The predicted octanol–water partition coefficient (Wildman–Crippen LogP) is 2.03. The zero-order valence-electron chi connectivity index (χ0n) is 11.7. The van der Waals surface area contributed by atoms with Crippen molar-refractivity contribution in [2.75, 3.05) is 26.0 Å². The molecule has 0 atom stereocenters. The van der Waals surface area contributed by atoms with Crippen LogP contribution in [0.4, 0.5) is 0 Å². The Morgan fingerprint density at radius 3 is 2.35 bits per heavy atom. The summed E-state index contributed by atoms with van der Waals surface area (Å²) in [5.41, 5.74) is 0.828. The average molecular weight is 320 g/mol. The Labute approximate surface area is 127 Å². The quantitative estimate of drug-likeness (QED) is 0.902. The number of hydrogen-bond donors (Lipinski definition) is 1. The van der Waals surface area contributed by atoms with Crippen LogP contribution in [0.25, 0.3) is 0 Å². The summed E-state index contributed by atoms with van der Waals surface area (Å²) in [5.74, 6) is 1.49. The van der Waals surface area contributed by atoms with Crippen LogP contribution < -0.4 is 10.1 Å². The Bertz CT molecular complexity index is 496. The molecule has 0 saturated carbocycles. The van der Waals surface area contributed by atoms with E-state index in [9.17, 15) is 8.42 Å². The van der Waals surface area contributed by atoms with Crippen LogP contribution in [-0.4, -0.2) is 34.4 Å². The number of nitrogens with one attached hydrogen (secondary N) is 1. The molecule has 1 N–H and O–H groups in total. The first kappa shape index (κ1) is 17.3. The van der Waals surface area contributed by atoms with Crippen molar-refractivity contribution in [3.8, 4) is 5.75 Å². The molecule has 0 bridgehead atoms. The second-order valence-corrected chi connectivity index (χ2v) is 7.21. The summed E-state index contributed by atoms with van der Waals surface area (Å²) in [4.78, 5) is 0. The van der Waals surface area contributed by atoms with Crippen LogP contribution in [0.2, 0.25) is 0 Å². The third kappa shape index (κ3) is 5.31. The van der Waals surface area contributed by atoms with Crippen LogP contribution in [-0.2, 0) is 15.6 Å². The van der Waals surface area contributed by atoms with Gasteiger partial charge in [0, 0.05) is 0 Å². The van der Waals surface area contributed by atoms with Gasteiger partial charge in [-0.25, -0.2) is 8.42 Å². The zero-order valence-corrected chi connectivity index (χ0v) is 13.3. The molecule has 20 heavy (non-hydrogen) atoms. The first-order valence-electron chi connectivity index (χ1n) is 6.63. The van der Waals surface area contributed by atoms with Gasteiger partial charge in [0.2, 0.25) is 0 Å². The van der Waals surface area contributed by atoms with E-state index in [-0.39, 0.29) is 18.2 Å². The molecule has 0 aliphatic carbocycles. The third-order valence-corrected chi connectivity index (χ3v) is 5.25. The molecular formula is C14H22ClNO3S. The fraction of sp³-hybridized carbons (Fsp3) is 0.571. The van der Waals surface area contributed by atoms with Crippen LogP contribution >= 0.6 is 12.4 Å². The summed E-state index contributed by atoms with van der Waals surface area (Å²) in [6, 6.07) is 7.24. The van der Waals surface area contributed by atoms with Crippen LogP contribution in [0.5, 0.6) is 5.75 Å². The molecule has 1 saturated heterocycles. The molecule has 114 valence electrons. The van der Waals surface area contributed by atoms with Crippen LogP contribution in [0.3, 0.4) is 0 Å². The van der Waals surface area contributed by atoms with Crippen molar-refractivity contribution in [3.05, 3.63) is 29.8 Å². The van der Waals surface area contributed by atoms with Gasteiger partial charge in [0.05, 0.1) is 18.6 Å². The molecule has 1 aromatic rings. The van der Waals surface area contributed by atoms with Gasteiger partial charge in [-0.2, -0.15) is 0 Å². The molecule has 0 amide bonds. The lowest BCUT2D eigenvalue weighted by molar-refractivity contribution is 0.401. The van der Waals surface area contributed by atoms with Gasteiger partial charge >= 0.3 is 0 Å². The number of ether oxygens (including phenoxy) is 1. The first-order chi connectivity index (χ1) is 9.09. The van der Waals surface area contributed by atoms with E-state index in [2.05, 4.69) is 5.32 Å². The molecule has 2 rings (SSSR count). The Hall–Kier alpha value is -0.780. The van der Waals surface area contributed by atoms with Crippen LogP contribution in [0.15, 0.2) is 24.3 Å². The number of sulfone groups is 1. The standard InChI is InChI=1S/C14H21NO3S.ClH/c1-18-14-4-2-12(3-5-14)10-19(16,17)11-13-6-8-15-9-7-13;/h2-5,13,15H,6-11H2,1H3;1H. The fourth-order valence-corrected chi connectivity index (χ4v) is 4.31. The highest BCUT2D eigenvalue weighted by atomic mass is 35.5. The minimum atomic E-state index is -3.02. The Kier molecular flexibility index (Phi) is 6.79. The van der Waals surface area contributed by atoms with E-state index in [0.717, 1.165) is 37.2 Å². The number of methoxy groups -OCH3 is 1. The molecule has 1 aliphatic rings. The van der Waals surface area contributed by atoms with Gasteiger partial charge in [0.25, 0.3) is 0 Å². The van der Waals surface area contributed by atoms with Gasteiger partial charge in [-0.3, -0.25) is 0 Å². The molecule has 1 fully saturated rings. The van der Waals surface area contributed by atoms with Crippen molar-refractivity contribution < 1.29 is 13.2 Å². The summed E-state index contributed by atoms with van der Waals surface area (Å²) < 4.78 is 29.4. The van der Waals surface area contributed by atoms with Crippen LogP contribution in [0.1, 0.15) is 18.4 Å². The highest BCUT2D eigenvalue weighted by Gasteiger charge is 2.21. The molecule has 0 radical (unpaired) electrons. The van der Waals surface area contributed by atoms with Crippen molar-refractivity contribution in [1.29, 1.82) is 0 Å². The molecule has 4 nitrogen and oxygen atoms in total. The summed E-state index contributed by atoms with van der Waals surface area (Å²) in [5, 5.41) is 3.25. The number of halogens is 1. The van der Waals surface area contributed by atoms with Gasteiger partial charge in [0.15, 0.2) is 9.84 Å².